The van der Waals surface area contributed by atoms with Gasteiger partial charge in [0.2, 0.25) is 0 Å². The van der Waals surface area contributed by atoms with Crippen LogP contribution in [0.5, 0.6) is 0 Å². The van der Waals surface area contributed by atoms with Gasteiger partial charge >= 0.3 is 0 Å². The van der Waals surface area contributed by atoms with Gasteiger partial charge < -0.3 is 5.11 Å². The average Bonchev–Trinajstić information content (AvgIpc) is 2.08. The summed E-state index contributed by atoms with van der Waals surface area (Å²) in [7, 11) is 0. The van der Waals surface area contributed by atoms with E-state index in [4.69, 9.17) is 0 Å². The molecule has 1 heteroatoms. The second kappa shape index (κ2) is 3.44. The lowest BCUT2D eigenvalue weighted by Crippen LogP contribution is -1.88. The summed E-state index contributed by atoms with van der Waals surface area (Å²) in [6.07, 6.45) is 1.71. The Morgan fingerprint density at radius 1 is 1.33 bits per heavy atom. The van der Waals surface area contributed by atoms with E-state index in [1.165, 1.54) is 5.56 Å². The number of aryl methyl sites for hydroxylation is 2. The van der Waals surface area contributed by atoms with Crippen LogP contribution in [0.3, 0.4) is 0 Å². The summed E-state index contributed by atoms with van der Waals surface area (Å²) in [5, 5.41) is 9.50. The Morgan fingerprint density at radius 3 is 2.58 bits per heavy atom. The predicted molar refractivity (Wildman–Crippen MR) is 52.2 cm³/mol. The molecule has 0 aliphatic rings. The molecule has 0 atom stereocenters. The Bertz CT molecular complexity index is 311. The van der Waals surface area contributed by atoms with Crippen LogP contribution in [0, 0.1) is 13.8 Å². The van der Waals surface area contributed by atoms with Crippen molar-refractivity contribution in [2.24, 2.45) is 0 Å². The van der Waals surface area contributed by atoms with Crippen molar-refractivity contribution >= 4 is 5.76 Å². The van der Waals surface area contributed by atoms with Crippen LogP contribution in [0.4, 0.5) is 0 Å². The lowest BCUT2D eigenvalue weighted by atomic mass is 10.0. The van der Waals surface area contributed by atoms with Gasteiger partial charge in [0.25, 0.3) is 0 Å². The normalized spacial score (nSPS) is 11.8. The van der Waals surface area contributed by atoms with Gasteiger partial charge in [-0.2, -0.15) is 0 Å². The van der Waals surface area contributed by atoms with Crippen molar-refractivity contribution in [2.75, 3.05) is 0 Å². The Morgan fingerprint density at radius 2 is 2.00 bits per heavy atom. The third-order valence-electron chi connectivity index (χ3n) is 1.94. The molecule has 0 heterocycles. The highest BCUT2D eigenvalue weighted by Gasteiger charge is 2.01. The largest absolute Gasteiger partial charge is 0.508 e. The first-order valence-corrected chi connectivity index (χ1v) is 4.08. The molecule has 0 amide bonds. The topological polar surface area (TPSA) is 20.2 Å². The molecule has 1 aromatic carbocycles. The SMILES string of the molecule is CC=C(O)c1cc(C)ccc1C. The van der Waals surface area contributed by atoms with Crippen LogP contribution in [0.25, 0.3) is 5.76 Å². The van der Waals surface area contributed by atoms with Crippen LogP contribution in [0.2, 0.25) is 0 Å². The lowest BCUT2D eigenvalue weighted by molar-refractivity contribution is 0.510. The summed E-state index contributed by atoms with van der Waals surface area (Å²) in [5.41, 5.74) is 3.21. The fourth-order valence-corrected chi connectivity index (χ4v) is 1.17. The molecule has 0 aliphatic carbocycles. The van der Waals surface area contributed by atoms with Gasteiger partial charge in [-0.1, -0.05) is 17.7 Å². The van der Waals surface area contributed by atoms with Gasteiger partial charge in [0, 0.05) is 5.56 Å². The lowest BCUT2D eigenvalue weighted by Gasteiger charge is -2.05. The van der Waals surface area contributed by atoms with Crippen LogP contribution in [0.15, 0.2) is 24.3 Å². The van der Waals surface area contributed by atoms with Gasteiger partial charge in [0.05, 0.1) is 0 Å². The molecule has 0 saturated carbocycles. The summed E-state index contributed by atoms with van der Waals surface area (Å²) in [6.45, 7) is 5.84. The number of aliphatic hydroxyl groups is 1. The molecule has 12 heavy (non-hydrogen) atoms. The van der Waals surface area contributed by atoms with Crippen molar-refractivity contribution in [1.29, 1.82) is 0 Å². The number of benzene rings is 1. The van der Waals surface area contributed by atoms with Gasteiger partial charge in [0.1, 0.15) is 5.76 Å². The fourth-order valence-electron chi connectivity index (χ4n) is 1.17. The molecule has 0 spiro atoms. The minimum absolute atomic E-state index is 0.358. The fraction of sp³-hybridized carbons (Fsp3) is 0.273. The van der Waals surface area contributed by atoms with Crippen LogP contribution in [-0.4, -0.2) is 5.11 Å². The quantitative estimate of drug-likeness (QED) is 0.628. The average molecular weight is 162 g/mol. The highest BCUT2D eigenvalue weighted by Crippen LogP contribution is 2.17. The van der Waals surface area contributed by atoms with Crippen LogP contribution in [-0.2, 0) is 0 Å². The summed E-state index contributed by atoms with van der Waals surface area (Å²) in [6, 6.07) is 6.05. The van der Waals surface area contributed by atoms with E-state index in [1.54, 1.807) is 6.08 Å². The maximum atomic E-state index is 9.50. The predicted octanol–water partition coefficient (Wildman–Crippen LogP) is 3.22. The molecule has 64 valence electrons. The number of hydrogen-bond donors (Lipinski definition) is 1. The Hall–Kier alpha value is -1.24. The van der Waals surface area contributed by atoms with Crippen molar-refractivity contribution in [3.8, 4) is 0 Å². The van der Waals surface area contributed by atoms with Gasteiger partial charge in [-0.25, -0.2) is 0 Å². The second-order valence-electron chi connectivity index (χ2n) is 2.99. The minimum Gasteiger partial charge on any atom is -0.508 e. The number of aliphatic hydroxyl groups excluding tert-OH is 1. The second-order valence-corrected chi connectivity index (χ2v) is 2.99. The highest BCUT2D eigenvalue weighted by atomic mass is 16.3. The number of rotatable bonds is 1. The monoisotopic (exact) mass is 162 g/mol. The van der Waals surface area contributed by atoms with Crippen LogP contribution in [0.1, 0.15) is 23.6 Å². The molecule has 1 aromatic rings. The maximum absolute atomic E-state index is 9.50. The van der Waals surface area contributed by atoms with Crippen molar-refractivity contribution in [3.05, 3.63) is 41.0 Å². The zero-order valence-electron chi connectivity index (χ0n) is 7.76. The van der Waals surface area contributed by atoms with Crippen molar-refractivity contribution in [1.82, 2.24) is 0 Å². The molecule has 0 bridgehead atoms. The number of allylic oxidation sites excluding steroid dienone is 1. The summed E-state index contributed by atoms with van der Waals surface area (Å²) >= 11 is 0. The van der Waals surface area contributed by atoms with Crippen molar-refractivity contribution < 1.29 is 5.11 Å². The van der Waals surface area contributed by atoms with Crippen molar-refractivity contribution in [2.45, 2.75) is 20.8 Å². The van der Waals surface area contributed by atoms with Gasteiger partial charge in [-0.3, -0.25) is 0 Å². The van der Waals surface area contributed by atoms with E-state index in [0.717, 1.165) is 11.1 Å². The summed E-state index contributed by atoms with van der Waals surface area (Å²) in [4.78, 5) is 0. The first-order chi connectivity index (χ1) is 5.65. The van der Waals surface area contributed by atoms with Crippen LogP contribution >= 0.6 is 0 Å². The molecule has 1 rings (SSSR count). The zero-order valence-corrected chi connectivity index (χ0v) is 7.76. The molecule has 0 fully saturated rings. The van der Waals surface area contributed by atoms with Gasteiger partial charge in [-0.05, 0) is 38.5 Å². The third kappa shape index (κ3) is 1.67. The molecule has 0 radical (unpaired) electrons. The molecule has 0 aromatic heterocycles. The summed E-state index contributed by atoms with van der Waals surface area (Å²) in [5.74, 6) is 0.358. The summed E-state index contributed by atoms with van der Waals surface area (Å²) < 4.78 is 0. The standard InChI is InChI=1S/C11H14O/c1-4-11(12)10-7-8(2)5-6-9(10)3/h4-7,12H,1-3H3. The van der Waals surface area contributed by atoms with E-state index in [9.17, 15) is 5.11 Å². The molecular weight excluding hydrogens is 148 g/mol. The molecule has 0 aliphatic heterocycles. The zero-order chi connectivity index (χ0) is 9.14. The van der Waals surface area contributed by atoms with E-state index in [1.807, 2.05) is 39.0 Å². The Kier molecular flexibility index (Phi) is 2.54. The first kappa shape index (κ1) is 8.85. The maximum Gasteiger partial charge on any atom is 0.118 e. The van der Waals surface area contributed by atoms with E-state index >= 15 is 0 Å². The Balaban J connectivity index is 3.23. The van der Waals surface area contributed by atoms with Gasteiger partial charge in [0.15, 0.2) is 0 Å². The van der Waals surface area contributed by atoms with Crippen LogP contribution < -0.4 is 0 Å². The Labute approximate surface area is 73.4 Å². The first-order valence-electron chi connectivity index (χ1n) is 4.08. The van der Waals surface area contributed by atoms with Gasteiger partial charge in [-0.15, -0.1) is 0 Å². The molecule has 1 N–H and O–H groups in total. The van der Waals surface area contributed by atoms with E-state index < -0.39 is 0 Å². The van der Waals surface area contributed by atoms with E-state index in [2.05, 4.69) is 0 Å². The minimum atomic E-state index is 0.358. The molecule has 0 unspecified atom stereocenters. The van der Waals surface area contributed by atoms with E-state index in [-0.39, 0.29) is 0 Å². The molecule has 1 nitrogen and oxygen atoms in total. The third-order valence-corrected chi connectivity index (χ3v) is 1.94. The number of hydrogen-bond acceptors (Lipinski definition) is 1. The highest BCUT2D eigenvalue weighted by molar-refractivity contribution is 5.61. The smallest absolute Gasteiger partial charge is 0.118 e. The van der Waals surface area contributed by atoms with Crippen molar-refractivity contribution in [3.63, 3.8) is 0 Å². The van der Waals surface area contributed by atoms with E-state index in [0.29, 0.717) is 5.76 Å². The molecule has 0 saturated heterocycles. The molecular formula is C11H14O.